The average Bonchev–Trinajstić information content (AvgIpc) is 2.61. The summed E-state index contributed by atoms with van der Waals surface area (Å²) in [4.78, 5) is 2.54. The molecule has 4 heteroatoms. The van der Waals surface area contributed by atoms with Gasteiger partial charge in [-0.05, 0) is 52.5 Å². The summed E-state index contributed by atoms with van der Waals surface area (Å²) in [6.45, 7) is 12.0. The smallest absolute Gasteiger partial charge is 0.0471 e. The second-order valence-corrected chi connectivity index (χ2v) is 6.56. The molecule has 1 saturated heterocycles. The molecule has 0 bridgehead atoms. The lowest BCUT2D eigenvalue weighted by Gasteiger charge is -2.37. The number of aliphatic hydroxyl groups excluding tert-OH is 1. The van der Waals surface area contributed by atoms with Gasteiger partial charge in [0.1, 0.15) is 0 Å². The van der Waals surface area contributed by atoms with Gasteiger partial charge in [-0.3, -0.25) is 0 Å². The highest BCUT2D eigenvalue weighted by atomic mass is 16.3. The molecular formula is C15H33N3O. The maximum absolute atomic E-state index is 9.28. The van der Waals surface area contributed by atoms with E-state index in [0.717, 1.165) is 19.4 Å². The van der Waals surface area contributed by atoms with Crippen LogP contribution in [-0.2, 0) is 0 Å². The first kappa shape index (κ1) is 16.9. The Labute approximate surface area is 118 Å². The molecule has 3 atom stereocenters. The minimum Gasteiger partial charge on any atom is -0.396 e. The lowest BCUT2D eigenvalue weighted by molar-refractivity contribution is 0.168. The van der Waals surface area contributed by atoms with Crippen LogP contribution < -0.4 is 11.1 Å². The lowest BCUT2D eigenvalue weighted by Crippen LogP contribution is -2.56. The van der Waals surface area contributed by atoms with Gasteiger partial charge in [0.05, 0.1) is 0 Å². The molecule has 4 nitrogen and oxygen atoms in total. The maximum Gasteiger partial charge on any atom is 0.0471 e. The van der Waals surface area contributed by atoms with E-state index in [4.69, 9.17) is 5.73 Å². The van der Waals surface area contributed by atoms with Crippen LogP contribution >= 0.6 is 0 Å². The summed E-state index contributed by atoms with van der Waals surface area (Å²) in [6, 6.07) is 0.918. The van der Waals surface area contributed by atoms with Gasteiger partial charge in [0.25, 0.3) is 0 Å². The van der Waals surface area contributed by atoms with E-state index < -0.39 is 0 Å². The number of aliphatic hydroxyl groups is 1. The minimum atomic E-state index is 0.0481. The highest BCUT2D eigenvalue weighted by Crippen LogP contribution is 2.24. The molecule has 3 unspecified atom stereocenters. The maximum atomic E-state index is 9.28. The van der Waals surface area contributed by atoms with Gasteiger partial charge in [0.2, 0.25) is 0 Å². The molecule has 0 saturated carbocycles. The Balaban J connectivity index is 2.64. The topological polar surface area (TPSA) is 61.5 Å². The molecule has 0 aromatic heterocycles. The van der Waals surface area contributed by atoms with E-state index in [1.165, 1.54) is 13.0 Å². The molecule has 0 aromatic carbocycles. The Morgan fingerprint density at radius 1 is 1.21 bits per heavy atom. The zero-order valence-electron chi connectivity index (χ0n) is 13.2. The molecule has 0 aromatic rings. The van der Waals surface area contributed by atoms with Crippen molar-refractivity contribution in [1.82, 2.24) is 10.2 Å². The quantitative estimate of drug-likeness (QED) is 0.679. The molecule has 0 spiro atoms. The Morgan fingerprint density at radius 2 is 1.89 bits per heavy atom. The number of hydrogen-bond acceptors (Lipinski definition) is 4. The van der Waals surface area contributed by atoms with Gasteiger partial charge in [-0.2, -0.15) is 0 Å². The van der Waals surface area contributed by atoms with E-state index >= 15 is 0 Å². The third-order valence-corrected chi connectivity index (χ3v) is 4.77. The van der Waals surface area contributed by atoms with Crippen molar-refractivity contribution in [1.29, 1.82) is 0 Å². The van der Waals surface area contributed by atoms with E-state index in [-0.39, 0.29) is 18.1 Å². The van der Waals surface area contributed by atoms with Crippen molar-refractivity contribution in [3.63, 3.8) is 0 Å². The van der Waals surface area contributed by atoms with Crippen LogP contribution in [0, 0.1) is 5.92 Å². The molecule has 1 aliphatic heterocycles. The van der Waals surface area contributed by atoms with Crippen molar-refractivity contribution in [3.8, 4) is 0 Å². The van der Waals surface area contributed by atoms with Gasteiger partial charge in [-0.1, -0.05) is 6.92 Å². The first-order chi connectivity index (χ1) is 8.94. The van der Waals surface area contributed by atoms with E-state index in [1.807, 2.05) is 0 Å². The van der Waals surface area contributed by atoms with Gasteiger partial charge in [-0.25, -0.2) is 0 Å². The summed E-state index contributed by atoms with van der Waals surface area (Å²) in [5.74, 6) is 0.271. The molecular weight excluding hydrogens is 238 g/mol. The molecule has 0 radical (unpaired) electrons. The largest absolute Gasteiger partial charge is 0.396 e. The third-order valence-electron chi connectivity index (χ3n) is 4.77. The van der Waals surface area contributed by atoms with Crippen LogP contribution in [-0.4, -0.2) is 53.9 Å². The summed E-state index contributed by atoms with van der Waals surface area (Å²) in [7, 11) is 0. The summed E-state index contributed by atoms with van der Waals surface area (Å²) < 4.78 is 0. The van der Waals surface area contributed by atoms with Gasteiger partial charge in [0.15, 0.2) is 0 Å². The van der Waals surface area contributed by atoms with E-state index in [0.29, 0.717) is 18.6 Å². The molecule has 19 heavy (non-hydrogen) atoms. The summed E-state index contributed by atoms with van der Waals surface area (Å²) in [6.07, 6.45) is 3.43. The van der Waals surface area contributed by atoms with Gasteiger partial charge in [0, 0.05) is 37.3 Å². The monoisotopic (exact) mass is 271 g/mol. The van der Waals surface area contributed by atoms with Crippen LogP contribution in [0.3, 0.4) is 0 Å². The fourth-order valence-corrected chi connectivity index (χ4v) is 2.92. The van der Waals surface area contributed by atoms with Crippen LogP contribution in [0.5, 0.6) is 0 Å². The second kappa shape index (κ2) is 7.58. The molecule has 1 heterocycles. The van der Waals surface area contributed by atoms with Crippen molar-refractivity contribution in [2.45, 2.75) is 64.6 Å². The van der Waals surface area contributed by atoms with E-state index in [2.05, 4.69) is 37.9 Å². The average molecular weight is 271 g/mol. The highest BCUT2D eigenvalue weighted by molar-refractivity contribution is 4.95. The third kappa shape index (κ3) is 4.71. The molecule has 0 amide bonds. The Kier molecular flexibility index (Phi) is 6.74. The number of rotatable bonds is 6. The molecule has 1 rings (SSSR count). The van der Waals surface area contributed by atoms with E-state index in [1.54, 1.807) is 0 Å². The summed E-state index contributed by atoms with van der Waals surface area (Å²) in [5, 5.41) is 13.0. The second-order valence-electron chi connectivity index (χ2n) is 6.56. The molecule has 1 fully saturated rings. The fourth-order valence-electron chi connectivity index (χ4n) is 2.92. The lowest BCUT2D eigenvalue weighted by atomic mass is 9.88. The molecule has 0 aliphatic carbocycles. The Morgan fingerprint density at radius 3 is 2.42 bits per heavy atom. The first-order valence-corrected chi connectivity index (χ1v) is 7.77. The number of likely N-dealkylation sites (tertiary alicyclic amines) is 1. The fraction of sp³-hybridized carbons (Fsp3) is 1.00. The summed E-state index contributed by atoms with van der Waals surface area (Å²) >= 11 is 0. The van der Waals surface area contributed by atoms with Crippen molar-refractivity contribution in [3.05, 3.63) is 0 Å². The molecule has 4 N–H and O–H groups in total. The number of hydrogen-bond donors (Lipinski definition) is 3. The van der Waals surface area contributed by atoms with Crippen molar-refractivity contribution < 1.29 is 5.11 Å². The van der Waals surface area contributed by atoms with Gasteiger partial charge in [-0.15, -0.1) is 0 Å². The number of nitrogens with two attached hydrogens (primary N) is 1. The predicted octanol–water partition coefficient (Wildman–Crippen LogP) is 1.18. The van der Waals surface area contributed by atoms with Crippen molar-refractivity contribution >= 4 is 0 Å². The number of nitrogens with zero attached hydrogens (tertiary/aromatic N) is 1. The Bertz CT molecular complexity index is 260. The standard InChI is InChI=1S/C15H33N3O/c1-12(2)18-8-5-6-15(11-16,7-9-18)17-14(4)13(3)10-19/h12-14,17,19H,5-11,16H2,1-4H3. The van der Waals surface area contributed by atoms with Crippen molar-refractivity contribution in [2.24, 2.45) is 11.7 Å². The van der Waals surface area contributed by atoms with Crippen LogP contribution in [0.1, 0.15) is 47.0 Å². The van der Waals surface area contributed by atoms with Crippen LogP contribution in [0.2, 0.25) is 0 Å². The molecule has 1 aliphatic rings. The van der Waals surface area contributed by atoms with Gasteiger partial charge < -0.3 is 21.1 Å². The normalized spacial score (nSPS) is 29.2. The minimum absolute atomic E-state index is 0.0481. The van der Waals surface area contributed by atoms with Crippen LogP contribution in [0.4, 0.5) is 0 Å². The zero-order chi connectivity index (χ0) is 14.5. The zero-order valence-corrected chi connectivity index (χ0v) is 13.2. The molecule has 114 valence electrons. The van der Waals surface area contributed by atoms with E-state index in [9.17, 15) is 5.11 Å². The Hall–Kier alpha value is -0.160. The van der Waals surface area contributed by atoms with Gasteiger partial charge >= 0.3 is 0 Å². The summed E-state index contributed by atoms with van der Waals surface area (Å²) in [5.41, 5.74) is 6.12. The predicted molar refractivity (Wildman–Crippen MR) is 81.2 cm³/mol. The van der Waals surface area contributed by atoms with Crippen LogP contribution in [0.25, 0.3) is 0 Å². The van der Waals surface area contributed by atoms with Crippen molar-refractivity contribution in [2.75, 3.05) is 26.2 Å². The first-order valence-electron chi connectivity index (χ1n) is 7.77. The highest BCUT2D eigenvalue weighted by Gasteiger charge is 2.33. The number of nitrogens with one attached hydrogen (secondary N) is 1. The van der Waals surface area contributed by atoms with Crippen LogP contribution in [0.15, 0.2) is 0 Å². The SMILES string of the molecule is CC(CO)C(C)NC1(CN)CCCN(C(C)C)CC1.